The molecule has 0 aromatic carbocycles. The normalized spacial score (nSPS) is 12.2. The van der Waals surface area contributed by atoms with E-state index in [0.29, 0.717) is 6.42 Å². The molecule has 0 aromatic heterocycles. The molecule has 0 aliphatic carbocycles. The van der Waals surface area contributed by atoms with Crippen LogP contribution in [0.15, 0.2) is 0 Å². The zero-order valence-corrected chi connectivity index (χ0v) is 22.6. The largest absolute Gasteiger partial charge is 0.465 e. The summed E-state index contributed by atoms with van der Waals surface area (Å²) in [6, 6.07) is 0. The van der Waals surface area contributed by atoms with E-state index in [1.165, 1.54) is 77.0 Å². The monoisotopic (exact) mass is 472 g/mol. The van der Waals surface area contributed by atoms with Gasteiger partial charge in [0.05, 0.1) is 13.0 Å². The van der Waals surface area contributed by atoms with Gasteiger partial charge >= 0.3 is 5.97 Å². The Morgan fingerprint density at radius 3 is 1.45 bits per heavy atom. The Balaban J connectivity index is 0. The molecular weight excluding hydrogens is 429 g/mol. The maximum Gasteiger partial charge on any atom is 0.327 e. The molecule has 31 heavy (non-hydrogen) atoms. The fourth-order valence-corrected chi connectivity index (χ4v) is 4.09. The van der Waals surface area contributed by atoms with Gasteiger partial charge in [0, 0.05) is 29.6 Å². The number of primary amides is 1. The Labute approximate surface area is 211 Å². The summed E-state index contributed by atoms with van der Waals surface area (Å²) in [5.74, 6) is -2.12. The first-order valence-corrected chi connectivity index (χ1v) is 13.2. The fraction of sp³-hybridized carbons (Fsp3) is 0.909. The molecule has 7 nitrogen and oxygen atoms in total. The van der Waals surface area contributed by atoms with Crippen molar-refractivity contribution in [3.63, 3.8) is 0 Å². The van der Waals surface area contributed by atoms with E-state index in [-0.39, 0.29) is 36.2 Å². The quantitative estimate of drug-likeness (QED) is 0.109. The van der Waals surface area contributed by atoms with Crippen LogP contribution in [0.2, 0.25) is 0 Å². The van der Waals surface area contributed by atoms with Crippen molar-refractivity contribution in [3.8, 4) is 0 Å². The number of amides is 1. The number of nitrogens with two attached hydrogens (primary N) is 1. The van der Waals surface area contributed by atoms with Gasteiger partial charge in [0.1, 0.15) is 0 Å². The van der Waals surface area contributed by atoms with Gasteiger partial charge in [-0.2, -0.15) is 8.42 Å². The van der Waals surface area contributed by atoms with Crippen LogP contribution in [0.3, 0.4) is 0 Å². The Morgan fingerprint density at radius 1 is 0.774 bits per heavy atom. The van der Waals surface area contributed by atoms with Crippen LogP contribution in [0.25, 0.3) is 0 Å². The third-order valence-corrected chi connectivity index (χ3v) is 6.33. The Hall–Kier alpha value is -0.150. The summed E-state index contributed by atoms with van der Waals surface area (Å²) in [6.45, 7) is 2.32. The second-order valence-electron chi connectivity index (χ2n) is 8.14. The van der Waals surface area contributed by atoms with Crippen molar-refractivity contribution in [1.82, 2.24) is 0 Å². The Bertz CT molecular complexity index is 556. The molecule has 0 bridgehead atoms. The summed E-state index contributed by atoms with van der Waals surface area (Å²) < 4.78 is 36.1. The van der Waals surface area contributed by atoms with E-state index < -0.39 is 33.7 Å². The van der Waals surface area contributed by atoms with Crippen molar-refractivity contribution < 1.29 is 27.3 Å². The molecule has 0 aromatic rings. The van der Waals surface area contributed by atoms with E-state index >= 15 is 0 Å². The molecule has 1 radical (unpaired) electrons. The van der Waals surface area contributed by atoms with Crippen LogP contribution in [0.4, 0.5) is 0 Å². The smallest absolute Gasteiger partial charge is 0.327 e. The second-order valence-corrected chi connectivity index (χ2v) is 9.74. The van der Waals surface area contributed by atoms with Crippen LogP contribution < -0.4 is 5.73 Å². The zero-order chi connectivity index (χ0) is 22.7. The molecule has 0 fully saturated rings. The van der Waals surface area contributed by atoms with Crippen molar-refractivity contribution >= 4 is 51.6 Å². The third-order valence-electron chi connectivity index (χ3n) is 5.25. The van der Waals surface area contributed by atoms with Gasteiger partial charge in [0.15, 0.2) is 5.25 Å². The summed E-state index contributed by atoms with van der Waals surface area (Å²) in [6.07, 6.45) is 18.9. The maximum absolute atomic E-state index is 11.7. The molecule has 0 saturated heterocycles. The van der Waals surface area contributed by atoms with Crippen molar-refractivity contribution in [1.29, 1.82) is 0 Å². The number of carbonyl (C=O) groups is 2. The summed E-state index contributed by atoms with van der Waals surface area (Å²) in [5.41, 5.74) is 4.90. The molecule has 0 aliphatic rings. The van der Waals surface area contributed by atoms with Crippen LogP contribution >= 0.6 is 0 Å². The molecule has 0 saturated carbocycles. The van der Waals surface area contributed by atoms with E-state index in [1.807, 2.05) is 0 Å². The van der Waals surface area contributed by atoms with Gasteiger partial charge in [0.25, 0.3) is 10.1 Å². The number of ether oxygens (including phenoxy) is 1. The van der Waals surface area contributed by atoms with Crippen LogP contribution in [0.5, 0.6) is 0 Å². The third kappa shape index (κ3) is 21.5. The zero-order valence-electron chi connectivity index (χ0n) is 19.8. The molecule has 0 heterocycles. The molecule has 0 spiro atoms. The molecule has 1 unspecified atom stereocenters. The maximum atomic E-state index is 11.7. The van der Waals surface area contributed by atoms with Crippen LogP contribution in [0, 0.1) is 0 Å². The molecule has 0 aliphatic heterocycles. The molecule has 9 heteroatoms. The first-order chi connectivity index (χ1) is 14.3. The van der Waals surface area contributed by atoms with Crippen molar-refractivity contribution in [3.05, 3.63) is 0 Å². The number of carbonyl (C=O) groups excluding carboxylic acids is 2. The summed E-state index contributed by atoms with van der Waals surface area (Å²) >= 11 is 0. The first kappa shape index (κ1) is 33.0. The molecule has 3 N–H and O–H groups in total. The first-order valence-electron chi connectivity index (χ1n) is 11.7. The number of unbranched alkanes of at least 4 members (excludes halogenated alkanes) is 15. The fourth-order valence-electron chi connectivity index (χ4n) is 3.41. The topological polar surface area (TPSA) is 124 Å². The minimum absolute atomic E-state index is 0. The predicted molar refractivity (Wildman–Crippen MR) is 125 cm³/mol. The number of rotatable bonds is 21. The van der Waals surface area contributed by atoms with Crippen LogP contribution in [0.1, 0.15) is 116 Å². The Kier molecular flexibility index (Phi) is 23.1. The summed E-state index contributed by atoms with van der Waals surface area (Å²) in [5, 5.41) is -1.93. The van der Waals surface area contributed by atoms with Gasteiger partial charge in [-0.3, -0.25) is 14.1 Å². The van der Waals surface area contributed by atoms with E-state index in [9.17, 15) is 18.0 Å². The van der Waals surface area contributed by atoms with E-state index in [0.717, 1.165) is 19.3 Å². The molecule has 0 rings (SSSR count). The van der Waals surface area contributed by atoms with Gasteiger partial charge in [-0.15, -0.1) is 0 Å². The average Bonchev–Trinajstić information content (AvgIpc) is 2.67. The molecular formula is C22H43NNaO6S. The van der Waals surface area contributed by atoms with Crippen LogP contribution in [-0.2, 0) is 24.4 Å². The predicted octanol–water partition coefficient (Wildman–Crippen LogP) is 4.54. The summed E-state index contributed by atoms with van der Waals surface area (Å²) in [7, 11) is -4.71. The van der Waals surface area contributed by atoms with Crippen molar-refractivity contribution in [2.45, 2.75) is 121 Å². The summed E-state index contributed by atoms with van der Waals surface area (Å²) in [4.78, 5) is 22.5. The molecule has 179 valence electrons. The van der Waals surface area contributed by atoms with Gasteiger partial charge in [-0.25, -0.2) is 0 Å². The van der Waals surface area contributed by atoms with Gasteiger partial charge in [-0.05, 0) is 6.42 Å². The van der Waals surface area contributed by atoms with E-state index in [2.05, 4.69) is 6.92 Å². The molecule has 1 amide bonds. The minimum Gasteiger partial charge on any atom is -0.465 e. The van der Waals surface area contributed by atoms with Crippen molar-refractivity contribution in [2.75, 3.05) is 6.61 Å². The van der Waals surface area contributed by atoms with E-state index in [4.69, 9.17) is 15.0 Å². The average molecular weight is 473 g/mol. The Morgan fingerprint density at radius 2 is 1.13 bits per heavy atom. The van der Waals surface area contributed by atoms with Crippen LogP contribution in [-0.4, -0.2) is 66.3 Å². The number of hydrogen-bond donors (Lipinski definition) is 2. The van der Waals surface area contributed by atoms with Gasteiger partial charge < -0.3 is 10.5 Å². The van der Waals surface area contributed by atoms with Gasteiger partial charge in [0.2, 0.25) is 5.91 Å². The minimum atomic E-state index is -4.71. The molecule has 1 atom stereocenters. The number of hydrogen-bond acceptors (Lipinski definition) is 5. The standard InChI is InChI=1S/C22H43NO6S.Na/c1-2-3-4-5-6-7-8-9-10-11-12-13-14-15-16-17-18-29-22(25)20(19-21(23)24)30(26,27)28;/h20H,2-19H2,1H3,(H2,23,24)(H,26,27,28);. The SMILES string of the molecule is CCCCCCCCCCCCCCCCCCOC(=O)C(CC(N)=O)S(=O)(=O)O.[Na]. The number of esters is 1. The van der Waals surface area contributed by atoms with Gasteiger partial charge in [-0.1, -0.05) is 103 Å². The second kappa shape index (κ2) is 21.7. The van der Waals surface area contributed by atoms with E-state index in [1.54, 1.807) is 0 Å². The van der Waals surface area contributed by atoms with Crippen molar-refractivity contribution in [2.24, 2.45) is 5.73 Å².